The van der Waals surface area contributed by atoms with Gasteiger partial charge in [0.1, 0.15) is 11.4 Å². The Morgan fingerprint density at radius 1 is 1.53 bits per heavy atom. The van der Waals surface area contributed by atoms with Crippen molar-refractivity contribution in [1.82, 2.24) is 10.6 Å². The Balaban J connectivity index is 0.00000324. The molecule has 1 aromatic rings. The van der Waals surface area contributed by atoms with Gasteiger partial charge in [-0.15, -0.1) is 24.0 Å². The number of nitrogens with one attached hydrogen (secondary N) is 2. The number of hydrogen-bond acceptors (Lipinski definition) is 3. The van der Waals surface area contributed by atoms with Crippen LogP contribution in [-0.2, 0) is 5.60 Å². The molecule has 1 atom stereocenters. The lowest BCUT2D eigenvalue weighted by molar-refractivity contribution is 0.0437. The third kappa shape index (κ3) is 6.29. The standard InChI is InChI=1S/C13H23N3O2.HI/c1-5-14-12(16-10(2)3)15-9-13(4,17)11-7-6-8-18-11;/h6-8,10,17H,5,9H2,1-4H3,(H2,14,15,16);1H. The summed E-state index contributed by atoms with van der Waals surface area (Å²) in [6.07, 6.45) is 1.55. The van der Waals surface area contributed by atoms with Crippen molar-refractivity contribution in [3.05, 3.63) is 24.2 Å². The maximum atomic E-state index is 10.3. The van der Waals surface area contributed by atoms with Crippen molar-refractivity contribution >= 4 is 29.9 Å². The van der Waals surface area contributed by atoms with Crippen molar-refractivity contribution in [2.45, 2.75) is 39.3 Å². The highest BCUT2D eigenvalue weighted by atomic mass is 127. The molecule has 0 saturated heterocycles. The molecular weight excluding hydrogens is 357 g/mol. The van der Waals surface area contributed by atoms with E-state index in [0.29, 0.717) is 11.7 Å². The van der Waals surface area contributed by atoms with Gasteiger partial charge in [0.05, 0.1) is 12.8 Å². The lowest BCUT2D eigenvalue weighted by atomic mass is 10.0. The van der Waals surface area contributed by atoms with Crippen molar-refractivity contribution in [2.75, 3.05) is 13.1 Å². The van der Waals surface area contributed by atoms with Crippen molar-refractivity contribution < 1.29 is 9.52 Å². The number of aliphatic hydroxyl groups is 1. The highest BCUT2D eigenvalue weighted by Gasteiger charge is 2.26. The number of rotatable bonds is 5. The molecule has 1 rings (SSSR count). The molecule has 19 heavy (non-hydrogen) atoms. The van der Waals surface area contributed by atoms with E-state index in [-0.39, 0.29) is 36.6 Å². The number of furan rings is 1. The molecule has 0 aliphatic heterocycles. The number of halogens is 1. The Labute approximate surface area is 131 Å². The number of hydrogen-bond donors (Lipinski definition) is 3. The van der Waals surface area contributed by atoms with Gasteiger partial charge in [-0.05, 0) is 39.8 Å². The van der Waals surface area contributed by atoms with Crippen molar-refractivity contribution in [3.8, 4) is 0 Å². The van der Waals surface area contributed by atoms with Crippen LogP contribution < -0.4 is 10.6 Å². The van der Waals surface area contributed by atoms with Gasteiger partial charge in [0.15, 0.2) is 5.96 Å². The van der Waals surface area contributed by atoms with E-state index in [1.807, 2.05) is 20.8 Å². The summed E-state index contributed by atoms with van der Waals surface area (Å²) >= 11 is 0. The zero-order valence-electron chi connectivity index (χ0n) is 11.9. The molecule has 1 unspecified atom stereocenters. The van der Waals surface area contributed by atoms with Crippen molar-refractivity contribution in [3.63, 3.8) is 0 Å². The monoisotopic (exact) mass is 381 g/mol. The SMILES string of the molecule is CCNC(=NCC(C)(O)c1ccco1)NC(C)C.I. The number of guanidine groups is 1. The topological polar surface area (TPSA) is 69.8 Å². The average molecular weight is 381 g/mol. The van der Waals surface area contributed by atoms with Crippen LogP contribution >= 0.6 is 24.0 Å². The molecule has 110 valence electrons. The fourth-order valence-electron chi connectivity index (χ4n) is 1.49. The first-order valence-corrected chi connectivity index (χ1v) is 6.27. The lowest BCUT2D eigenvalue weighted by Crippen LogP contribution is -2.42. The lowest BCUT2D eigenvalue weighted by Gasteiger charge is -2.20. The molecule has 0 radical (unpaired) electrons. The molecule has 0 bridgehead atoms. The van der Waals surface area contributed by atoms with Crippen LogP contribution in [-0.4, -0.2) is 30.2 Å². The molecule has 0 spiro atoms. The van der Waals surface area contributed by atoms with E-state index in [9.17, 15) is 5.11 Å². The highest BCUT2D eigenvalue weighted by Crippen LogP contribution is 2.20. The summed E-state index contributed by atoms with van der Waals surface area (Å²) in [7, 11) is 0. The van der Waals surface area contributed by atoms with Gasteiger partial charge >= 0.3 is 0 Å². The van der Waals surface area contributed by atoms with Gasteiger partial charge in [0.2, 0.25) is 0 Å². The first kappa shape index (κ1) is 18.2. The van der Waals surface area contributed by atoms with Crippen molar-refractivity contribution in [2.24, 2.45) is 4.99 Å². The van der Waals surface area contributed by atoms with Crippen molar-refractivity contribution in [1.29, 1.82) is 0 Å². The summed E-state index contributed by atoms with van der Waals surface area (Å²) in [6.45, 7) is 8.79. The number of nitrogens with zero attached hydrogens (tertiary/aromatic N) is 1. The van der Waals surface area contributed by atoms with E-state index in [1.165, 1.54) is 0 Å². The minimum Gasteiger partial charge on any atom is -0.466 e. The molecule has 0 aliphatic rings. The average Bonchev–Trinajstić information content (AvgIpc) is 2.79. The highest BCUT2D eigenvalue weighted by molar-refractivity contribution is 14.0. The van der Waals surface area contributed by atoms with E-state index in [2.05, 4.69) is 15.6 Å². The normalized spacial score (nSPS) is 14.7. The molecule has 0 aliphatic carbocycles. The first-order valence-electron chi connectivity index (χ1n) is 6.27. The van der Waals surface area contributed by atoms with Crippen LogP contribution in [0.25, 0.3) is 0 Å². The van der Waals surface area contributed by atoms with Gasteiger partial charge in [0.25, 0.3) is 0 Å². The molecule has 1 heterocycles. The molecule has 5 nitrogen and oxygen atoms in total. The smallest absolute Gasteiger partial charge is 0.191 e. The summed E-state index contributed by atoms with van der Waals surface area (Å²) in [6, 6.07) is 3.79. The Morgan fingerprint density at radius 2 is 2.21 bits per heavy atom. The predicted octanol–water partition coefficient (Wildman–Crippen LogP) is 2.07. The maximum Gasteiger partial charge on any atom is 0.191 e. The fourth-order valence-corrected chi connectivity index (χ4v) is 1.49. The van der Waals surface area contributed by atoms with Crippen LogP contribution in [0.15, 0.2) is 27.8 Å². The zero-order valence-corrected chi connectivity index (χ0v) is 14.3. The van der Waals surface area contributed by atoms with Crippen LogP contribution in [0.3, 0.4) is 0 Å². The molecule has 1 aromatic heterocycles. The second-order valence-corrected chi connectivity index (χ2v) is 4.75. The Morgan fingerprint density at radius 3 is 2.68 bits per heavy atom. The second-order valence-electron chi connectivity index (χ2n) is 4.75. The van der Waals surface area contributed by atoms with Gasteiger partial charge in [0, 0.05) is 12.6 Å². The fraction of sp³-hybridized carbons (Fsp3) is 0.615. The van der Waals surface area contributed by atoms with Gasteiger partial charge in [-0.25, -0.2) is 4.99 Å². The van der Waals surface area contributed by atoms with E-state index in [0.717, 1.165) is 6.54 Å². The second kappa shape index (κ2) is 8.42. The molecule has 6 heteroatoms. The van der Waals surface area contributed by atoms with E-state index in [1.54, 1.807) is 25.3 Å². The third-order valence-corrected chi connectivity index (χ3v) is 2.37. The Bertz CT molecular complexity index is 375. The van der Waals surface area contributed by atoms with Crippen LogP contribution in [0, 0.1) is 0 Å². The largest absolute Gasteiger partial charge is 0.466 e. The molecule has 0 saturated carbocycles. The predicted molar refractivity (Wildman–Crippen MR) is 87.9 cm³/mol. The minimum absolute atomic E-state index is 0. The van der Waals surface area contributed by atoms with Crippen LogP contribution in [0.2, 0.25) is 0 Å². The number of aliphatic imine (C=N–C) groups is 1. The summed E-state index contributed by atoms with van der Waals surface area (Å²) in [5.41, 5.74) is -1.09. The minimum atomic E-state index is -1.09. The van der Waals surface area contributed by atoms with E-state index < -0.39 is 5.60 Å². The molecule has 3 N–H and O–H groups in total. The van der Waals surface area contributed by atoms with E-state index >= 15 is 0 Å². The zero-order chi connectivity index (χ0) is 13.6. The first-order chi connectivity index (χ1) is 8.45. The van der Waals surface area contributed by atoms with Gasteiger partial charge in [-0.3, -0.25) is 0 Å². The van der Waals surface area contributed by atoms with Gasteiger partial charge < -0.3 is 20.2 Å². The molecule has 0 aromatic carbocycles. The van der Waals surface area contributed by atoms with Crippen LogP contribution in [0.4, 0.5) is 0 Å². The van der Waals surface area contributed by atoms with E-state index in [4.69, 9.17) is 4.42 Å². The quantitative estimate of drug-likeness (QED) is 0.415. The third-order valence-electron chi connectivity index (χ3n) is 2.37. The van der Waals surface area contributed by atoms with Gasteiger partial charge in [-0.1, -0.05) is 0 Å². The van der Waals surface area contributed by atoms with Gasteiger partial charge in [-0.2, -0.15) is 0 Å². The summed E-state index contributed by atoms with van der Waals surface area (Å²) in [5, 5.41) is 16.6. The summed E-state index contributed by atoms with van der Waals surface area (Å²) < 4.78 is 5.21. The maximum absolute atomic E-state index is 10.3. The Hall–Kier alpha value is -0.760. The molecule has 0 amide bonds. The van der Waals surface area contributed by atoms with Crippen LogP contribution in [0.5, 0.6) is 0 Å². The summed E-state index contributed by atoms with van der Waals surface area (Å²) in [4.78, 5) is 4.37. The van der Waals surface area contributed by atoms with Crippen LogP contribution in [0.1, 0.15) is 33.5 Å². The molecule has 0 fully saturated rings. The Kier molecular flexibility index (Phi) is 8.08. The molecular formula is C13H24IN3O2. The summed E-state index contributed by atoms with van der Waals surface area (Å²) in [5.74, 6) is 1.21.